The van der Waals surface area contributed by atoms with Gasteiger partial charge in [-0.05, 0) is 35.4 Å². The molecule has 1 aliphatic heterocycles. The quantitative estimate of drug-likeness (QED) is 0.464. The molecule has 2 heterocycles. The van der Waals surface area contributed by atoms with Crippen LogP contribution >= 0.6 is 0 Å². The number of urea groups is 1. The number of ether oxygens (including phenoxy) is 2. The largest absolute Gasteiger partial charge is 0.486 e. The van der Waals surface area contributed by atoms with Crippen LogP contribution in [0.2, 0.25) is 0 Å². The Morgan fingerprint density at radius 1 is 1.03 bits per heavy atom. The molecule has 31 heavy (non-hydrogen) atoms. The molecule has 0 fully saturated rings. The molecule has 5 rings (SSSR count). The molecule has 3 aromatic carbocycles. The van der Waals surface area contributed by atoms with Crippen molar-refractivity contribution in [1.82, 2.24) is 20.6 Å². The number of para-hydroxylation sites is 2. The van der Waals surface area contributed by atoms with Gasteiger partial charge in [-0.25, -0.2) is 9.78 Å². The van der Waals surface area contributed by atoms with Crippen LogP contribution in [0.1, 0.15) is 17.2 Å². The number of amides is 2. The SMILES string of the molecule is O=C(NCC1COc2ccccc2O1)NC(c1ccccc1)c1ccc2nc[nH]c2c1. The lowest BCUT2D eigenvalue weighted by Crippen LogP contribution is -2.45. The van der Waals surface area contributed by atoms with E-state index in [-0.39, 0.29) is 18.2 Å². The first-order valence-electron chi connectivity index (χ1n) is 10.2. The minimum atomic E-state index is -0.307. The molecule has 2 unspecified atom stereocenters. The Bertz CT molecular complexity index is 1190. The van der Waals surface area contributed by atoms with Gasteiger partial charge < -0.3 is 25.1 Å². The molecule has 1 aliphatic rings. The van der Waals surface area contributed by atoms with Gasteiger partial charge in [-0.3, -0.25) is 0 Å². The normalized spacial score (nSPS) is 15.9. The molecule has 2 atom stereocenters. The molecule has 0 bridgehead atoms. The van der Waals surface area contributed by atoms with Crippen LogP contribution in [0.15, 0.2) is 79.1 Å². The van der Waals surface area contributed by atoms with Crippen LogP contribution in [0.5, 0.6) is 11.5 Å². The second-order valence-electron chi connectivity index (χ2n) is 7.37. The Hall–Kier alpha value is -4.00. The highest BCUT2D eigenvalue weighted by Gasteiger charge is 2.22. The van der Waals surface area contributed by atoms with Crippen molar-refractivity contribution in [3.63, 3.8) is 0 Å². The van der Waals surface area contributed by atoms with E-state index in [2.05, 4.69) is 20.6 Å². The van der Waals surface area contributed by atoms with Crippen molar-refractivity contribution in [2.45, 2.75) is 12.1 Å². The molecule has 156 valence electrons. The van der Waals surface area contributed by atoms with Crippen LogP contribution in [0.4, 0.5) is 4.79 Å². The lowest BCUT2D eigenvalue weighted by Gasteiger charge is -2.27. The number of hydrogen-bond donors (Lipinski definition) is 3. The number of imidazole rings is 1. The molecule has 0 saturated heterocycles. The minimum Gasteiger partial charge on any atom is -0.486 e. The van der Waals surface area contributed by atoms with Crippen LogP contribution in [-0.4, -0.2) is 35.3 Å². The average Bonchev–Trinajstić information content (AvgIpc) is 3.29. The third-order valence-corrected chi connectivity index (χ3v) is 5.24. The van der Waals surface area contributed by atoms with Gasteiger partial charge in [0.1, 0.15) is 6.61 Å². The van der Waals surface area contributed by atoms with Gasteiger partial charge >= 0.3 is 6.03 Å². The smallest absolute Gasteiger partial charge is 0.315 e. The highest BCUT2D eigenvalue weighted by Crippen LogP contribution is 2.30. The third kappa shape index (κ3) is 4.16. The van der Waals surface area contributed by atoms with Gasteiger partial charge in [0, 0.05) is 0 Å². The number of carbonyl (C=O) groups is 1. The molecule has 0 aliphatic carbocycles. The molecule has 0 saturated carbocycles. The van der Waals surface area contributed by atoms with Gasteiger partial charge in [0.15, 0.2) is 17.6 Å². The monoisotopic (exact) mass is 414 g/mol. The van der Waals surface area contributed by atoms with Crippen LogP contribution in [0.25, 0.3) is 11.0 Å². The van der Waals surface area contributed by atoms with Crippen molar-refractivity contribution in [2.75, 3.05) is 13.2 Å². The molecule has 3 N–H and O–H groups in total. The van der Waals surface area contributed by atoms with Gasteiger partial charge in [-0.15, -0.1) is 0 Å². The molecule has 7 heteroatoms. The highest BCUT2D eigenvalue weighted by molar-refractivity contribution is 5.77. The van der Waals surface area contributed by atoms with Crippen molar-refractivity contribution in [1.29, 1.82) is 0 Å². The fourth-order valence-corrected chi connectivity index (χ4v) is 3.69. The van der Waals surface area contributed by atoms with Gasteiger partial charge in [0.25, 0.3) is 0 Å². The van der Waals surface area contributed by atoms with E-state index < -0.39 is 0 Å². The summed E-state index contributed by atoms with van der Waals surface area (Å²) in [5.41, 5.74) is 3.76. The lowest BCUT2D eigenvalue weighted by molar-refractivity contribution is 0.0917. The summed E-state index contributed by atoms with van der Waals surface area (Å²) >= 11 is 0. The molecule has 2 amide bonds. The summed E-state index contributed by atoms with van der Waals surface area (Å²) in [7, 11) is 0. The van der Waals surface area contributed by atoms with E-state index in [0.717, 1.165) is 27.9 Å². The van der Waals surface area contributed by atoms with Crippen molar-refractivity contribution < 1.29 is 14.3 Å². The second-order valence-corrected chi connectivity index (χ2v) is 7.37. The van der Waals surface area contributed by atoms with Crippen LogP contribution in [0, 0.1) is 0 Å². The zero-order chi connectivity index (χ0) is 21.0. The maximum atomic E-state index is 12.8. The number of aromatic nitrogens is 2. The third-order valence-electron chi connectivity index (χ3n) is 5.24. The van der Waals surface area contributed by atoms with Gasteiger partial charge in [0.2, 0.25) is 0 Å². The zero-order valence-electron chi connectivity index (χ0n) is 16.7. The van der Waals surface area contributed by atoms with E-state index in [0.29, 0.717) is 18.9 Å². The van der Waals surface area contributed by atoms with E-state index in [4.69, 9.17) is 9.47 Å². The number of carbonyl (C=O) groups excluding carboxylic acids is 1. The van der Waals surface area contributed by atoms with Crippen molar-refractivity contribution in [3.05, 3.63) is 90.3 Å². The maximum Gasteiger partial charge on any atom is 0.315 e. The summed E-state index contributed by atoms with van der Waals surface area (Å²) in [6.07, 6.45) is 1.41. The molecule has 0 spiro atoms. The maximum absolute atomic E-state index is 12.8. The number of H-pyrrole nitrogens is 1. The summed E-state index contributed by atoms with van der Waals surface area (Å²) in [5, 5.41) is 5.99. The first-order valence-corrected chi connectivity index (χ1v) is 10.2. The fourth-order valence-electron chi connectivity index (χ4n) is 3.69. The molecular formula is C24H22N4O3. The van der Waals surface area contributed by atoms with E-state index in [1.54, 1.807) is 6.33 Å². The predicted molar refractivity (Wildman–Crippen MR) is 117 cm³/mol. The van der Waals surface area contributed by atoms with Crippen LogP contribution in [0.3, 0.4) is 0 Å². The van der Waals surface area contributed by atoms with E-state index in [9.17, 15) is 4.79 Å². The summed E-state index contributed by atoms with van der Waals surface area (Å²) in [4.78, 5) is 20.2. The molecule has 4 aromatic rings. The van der Waals surface area contributed by atoms with E-state index in [1.807, 2.05) is 72.8 Å². The van der Waals surface area contributed by atoms with E-state index in [1.165, 1.54) is 0 Å². The first-order chi connectivity index (χ1) is 15.3. The Labute approximate surface area is 179 Å². The summed E-state index contributed by atoms with van der Waals surface area (Å²) < 4.78 is 11.6. The minimum absolute atomic E-state index is 0.253. The first kappa shape index (κ1) is 19.0. The fraction of sp³-hybridized carbons (Fsp3) is 0.167. The number of aromatic amines is 1. The van der Waals surface area contributed by atoms with Crippen molar-refractivity contribution >= 4 is 17.1 Å². The topological polar surface area (TPSA) is 88.3 Å². The Kier molecular flexibility index (Phi) is 5.14. The Morgan fingerprint density at radius 2 is 1.84 bits per heavy atom. The number of fused-ring (bicyclic) bond motifs is 2. The van der Waals surface area contributed by atoms with Crippen molar-refractivity contribution in [2.24, 2.45) is 0 Å². The predicted octanol–water partition coefficient (Wildman–Crippen LogP) is 3.79. The summed E-state index contributed by atoms with van der Waals surface area (Å²) in [6, 6.07) is 22.7. The van der Waals surface area contributed by atoms with E-state index >= 15 is 0 Å². The summed E-state index contributed by atoms with van der Waals surface area (Å²) in [6.45, 7) is 0.719. The Morgan fingerprint density at radius 3 is 2.71 bits per heavy atom. The van der Waals surface area contributed by atoms with Gasteiger partial charge in [0.05, 0.1) is 29.9 Å². The average molecular weight is 414 g/mol. The number of rotatable bonds is 5. The second kappa shape index (κ2) is 8.39. The van der Waals surface area contributed by atoms with Crippen LogP contribution in [-0.2, 0) is 0 Å². The molecule has 0 radical (unpaired) electrons. The molecule has 1 aromatic heterocycles. The molecule has 7 nitrogen and oxygen atoms in total. The van der Waals surface area contributed by atoms with Crippen LogP contribution < -0.4 is 20.1 Å². The van der Waals surface area contributed by atoms with Gasteiger partial charge in [-0.1, -0.05) is 48.5 Å². The lowest BCUT2D eigenvalue weighted by atomic mass is 9.98. The van der Waals surface area contributed by atoms with Gasteiger partial charge in [-0.2, -0.15) is 0 Å². The standard InChI is InChI=1S/C24H22N4O3/c29-24(25-13-18-14-30-21-8-4-5-9-22(21)31-18)28-23(16-6-2-1-3-7-16)17-10-11-19-20(12-17)27-15-26-19/h1-12,15,18,23H,13-14H2,(H,26,27)(H2,25,28,29). The number of nitrogens with zero attached hydrogens (tertiary/aromatic N) is 1. The zero-order valence-corrected chi connectivity index (χ0v) is 16.7. The number of hydrogen-bond acceptors (Lipinski definition) is 4. The molecular weight excluding hydrogens is 392 g/mol. The highest BCUT2D eigenvalue weighted by atomic mass is 16.6. The number of nitrogens with one attached hydrogen (secondary N) is 3. The number of benzene rings is 3. The van der Waals surface area contributed by atoms with Crippen molar-refractivity contribution in [3.8, 4) is 11.5 Å². The summed E-state index contributed by atoms with van der Waals surface area (Å²) in [5.74, 6) is 1.41. The Balaban J connectivity index is 1.28.